The van der Waals surface area contributed by atoms with Crippen molar-refractivity contribution in [3.05, 3.63) is 35.6 Å². The van der Waals surface area contributed by atoms with E-state index in [9.17, 15) is 4.79 Å². The Morgan fingerprint density at radius 2 is 2.05 bits per heavy atom. The fraction of sp³-hybridized carbons (Fsp3) is 0.385. The van der Waals surface area contributed by atoms with Crippen LogP contribution in [0.2, 0.25) is 0 Å². The van der Waals surface area contributed by atoms with E-state index >= 15 is 0 Å². The Kier molecular flexibility index (Phi) is 4.97. The van der Waals surface area contributed by atoms with Gasteiger partial charge in [-0.25, -0.2) is 4.57 Å². The molecular formula is C13H17N4OS+. The summed E-state index contributed by atoms with van der Waals surface area (Å²) in [5.41, 5.74) is 0. The van der Waals surface area contributed by atoms with E-state index in [0.29, 0.717) is 11.6 Å². The van der Waals surface area contributed by atoms with E-state index in [4.69, 9.17) is 0 Å². The standard InChI is InChI=1S/C13H16N4OS/c1-11-15-16-13(19-11)14-12(18)7-3-6-10-17-8-4-2-5-9-17/h2,4-5,8-9H,3,6-7,10H2,1H3/p+1. The molecule has 5 nitrogen and oxygen atoms in total. The Hall–Kier alpha value is -1.82. The van der Waals surface area contributed by atoms with Gasteiger partial charge < -0.3 is 5.32 Å². The Balaban J connectivity index is 1.64. The van der Waals surface area contributed by atoms with Crippen molar-refractivity contribution in [2.24, 2.45) is 0 Å². The molecule has 0 aliphatic carbocycles. The highest BCUT2D eigenvalue weighted by Gasteiger charge is 2.06. The zero-order valence-electron chi connectivity index (χ0n) is 10.9. The minimum absolute atomic E-state index is 0.00853. The third-order valence-electron chi connectivity index (χ3n) is 2.62. The molecule has 100 valence electrons. The smallest absolute Gasteiger partial charge is 0.226 e. The molecule has 0 radical (unpaired) electrons. The summed E-state index contributed by atoms with van der Waals surface area (Å²) in [4.78, 5) is 11.7. The van der Waals surface area contributed by atoms with Gasteiger partial charge in [-0.3, -0.25) is 4.79 Å². The molecule has 1 amide bonds. The SMILES string of the molecule is Cc1nnc(NC(=O)CCCC[n+]2ccccc2)s1. The molecule has 2 aromatic rings. The van der Waals surface area contributed by atoms with Gasteiger partial charge in [-0.2, -0.15) is 0 Å². The van der Waals surface area contributed by atoms with Gasteiger partial charge in [0.1, 0.15) is 11.6 Å². The third-order valence-corrected chi connectivity index (χ3v) is 3.37. The maximum absolute atomic E-state index is 11.7. The fourth-order valence-corrected chi connectivity index (χ4v) is 2.30. The predicted octanol–water partition coefficient (Wildman–Crippen LogP) is 1.94. The lowest BCUT2D eigenvalue weighted by molar-refractivity contribution is -0.697. The molecule has 0 spiro atoms. The molecule has 0 saturated heterocycles. The van der Waals surface area contributed by atoms with Crippen molar-refractivity contribution in [2.45, 2.75) is 32.7 Å². The van der Waals surface area contributed by atoms with Crippen molar-refractivity contribution in [1.29, 1.82) is 0 Å². The summed E-state index contributed by atoms with van der Waals surface area (Å²) in [6.45, 7) is 2.80. The second-order valence-corrected chi connectivity index (χ2v) is 5.43. The van der Waals surface area contributed by atoms with Crippen LogP contribution < -0.4 is 9.88 Å². The number of hydrogen-bond donors (Lipinski definition) is 1. The van der Waals surface area contributed by atoms with Gasteiger partial charge in [-0.1, -0.05) is 17.4 Å². The Morgan fingerprint density at radius 3 is 2.74 bits per heavy atom. The number of amides is 1. The normalized spacial score (nSPS) is 10.4. The van der Waals surface area contributed by atoms with E-state index in [2.05, 4.69) is 20.1 Å². The molecule has 6 heteroatoms. The molecule has 1 N–H and O–H groups in total. The second-order valence-electron chi connectivity index (χ2n) is 4.24. The van der Waals surface area contributed by atoms with Crippen molar-refractivity contribution >= 4 is 22.4 Å². The number of aromatic nitrogens is 3. The van der Waals surface area contributed by atoms with Crippen LogP contribution in [0.25, 0.3) is 0 Å². The van der Waals surface area contributed by atoms with E-state index in [1.54, 1.807) is 0 Å². The van der Waals surface area contributed by atoms with Gasteiger partial charge >= 0.3 is 0 Å². The van der Waals surface area contributed by atoms with E-state index in [-0.39, 0.29) is 5.91 Å². The Labute approximate surface area is 116 Å². The lowest BCUT2D eigenvalue weighted by Gasteiger charge is -2.00. The first kappa shape index (κ1) is 13.6. The number of rotatable bonds is 6. The number of nitrogens with zero attached hydrogens (tertiary/aromatic N) is 3. The van der Waals surface area contributed by atoms with Crippen LogP contribution in [0, 0.1) is 6.92 Å². The maximum atomic E-state index is 11.7. The van der Waals surface area contributed by atoms with Gasteiger partial charge in [0.25, 0.3) is 0 Å². The quantitative estimate of drug-likeness (QED) is 0.648. The summed E-state index contributed by atoms with van der Waals surface area (Å²) in [7, 11) is 0. The van der Waals surface area contributed by atoms with Crippen molar-refractivity contribution < 1.29 is 9.36 Å². The number of carbonyl (C=O) groups excluding carboxylic acids is 1. The van der Waals surface area contributed by atoms with E-state index < -0.39 is 0 Å². The molecule has 0 atom stereocenters. The van der Waals surface area contributed by atoms with Crippen molar-refractivity contribution in [3.8, 4) is 0 Å². The van der Waals surface area contributed by atoms with Crippen molar-refractivity contribution in [2.75, 3.05) is 5.32 Å². The van der Waals surface area contributed by atoms with Gasteiger partial charge in [0.05, 0.1) is 0 Å². The second kappa shape index (κ2) is 6.94. The Morgan fingerprint density at radius 1 is 1.26 bits per heavy atom. The lowest BCUT2D eigenvalue weighted by atomic mass is 10.2. The van der Waals surface area contributed by atoms with Crippen LogP contribution in [-0.4, -0.2) is 16.1 Å². The first-order chi connectivity index (χ1) is 9.24. The summed E-state index contributed by atoms with van der Waals surface area (Å²) in [6, 6.07) is 6.00. The van der Waals surface area contributed by atoms with Gasteiger partial charge in [-0.15, -0.1) is 10.2 Å². The van der Waals surface area contributed by atoms with E-state index in [1.165, 1.54) is 11.3 Å². The number of anilines is 1. The first-order valence-corrected chi connectivity index (χ1v) is 7.10. The summed E-state index contributed by atoms with van der Waals surface area (Å²) in [5, 5.41) is 11.9. The van der Waals surface area contributed by atoms with Crippen molar-refractivity contribution in [3.63, 3.8) is 0 Å². The molecule has 0 bridgehead atoms. The molecule has 2 heterocycles. The van der Waals surface area contributed by atoms with Crippen molar-refractivity contribution in [1.82, 2.24) is 10.2 Å². The van der Waals surface area contributed by atoms with Crippen LogP contribution in [0.1, 0.15) is 24.3 Å². The number of unbranched alkanes of at least 4 members (excludes halogenated alkanes) is 1. The molecule has 2 rings (SSSR count). The summed E-state index contributed by atoms with van der Waals surface area (Å²) in [6.07, 6.45) is 6.43. The average Bonchev–Trinajstić information content (AvgIpc) is 2.81. The number of pyridine rings is 1. The zero-order valence-corrected chi connectivity index (χ0v) is 11.7. The van der Waals surface area contributed by atoms with Crippen LogP contribution in [0.5, 0.6) is 0 Å². The molecule has 0 aromatic carbocycles. The van der Waals surface area contributed by atoms with E-state index in [0.717, 1.165) is 24.4 Å². The summed E-state index contributed by atoms with van der Waals surface area (Å²) < 4.78 is 2.12. The molecule has 0 unspecified atom stereocenters. The molecule has 19 heavy (non-hydrogen) atoms. The van der Waals surface area contributed by atoms with Gasteiger partial charge in [0, 0.05) is 25.0 Å². The minimum atomic E-state index is 0.00853. The number of carbonyl (C=O) groups is 1. The average molecular weight is 277 g/mol. The molecular weight excluding hydrogens is 260 g/mol. The van der Waals surface area contributed by atoms with Gasteiger partial charge in [0.2, 0.25) is 11.0 Å². The van der Waals surface area contributed by atoms with Gasteiger partial charge in [-0.05, 0) is 13.3 Å². The first-order valence-electron chi connectivity index (χ1n) is 6.28. The van der Waals surface area contributed by atoms with E-state index in [1.807, 2.05) is 37.5 Å². The number of nitrogens with one attached hydrogen (secondary N) is 1. The summed E-state index contributed by atoms with van der Waals surface area (Å²) >= 11 is 1.39. The maximum Gasteiger partial charge on any atom is 0.226 e. The van der Waals surface area contributed by atoms with Gasteiger partial charge in [0.15, 0.2) is 12.4 Å². The Bertz CT molecular complexity index is 526. The third kappa shape index (κ3) is 4.75. The summed E-state index contributed by atoms with van der Waals surface area (Å²) in [5.74, 6) is 0.00853. The van der Waals surface area contributed by atoms with Crippen LogP contribution in [0.3, 0.4) is 0 Å². The minimum Gasteiger partial charge on any atom is -0.301 e. The zero-order chi connectivity index (χ0) is 13.5. The molecule has 0 saturated carbocycles. The van der Waals surface area contributed by atoms with Crippen LogP contribution in [0.15, 0.2) is 30.6 Å². The largest absolute Gasteiger partial charge is 0.301 e. The monoisotopic (exact) mass is 277 g/mol. The fourth-order valence-electron chi connectivity index (χ4n) is 1.69. The topological polar surface area (TPSA) is 58.8 Å². The highest BCUT2D eigenvalue weighted by Crippen LogP contribution is 2.14. The molecule has 2 aromatic heterocycles. The molecule has 0 fully saturated rings. The lowest BCUT2D eigenvalue weighted by Crippen LogP contribution is -2.32. The number of aryl methyl sites for hydroxylation is 2. The highest BCUT2D eigenvalue weighted by molar-refractivity contribution is 7.15. The molecule has 0 aliphatic heterocycles. The van der Waals surface area contributed by atoms with Crippen LogP contribution in [-0.2, 0) is 11.3 Å². The highest BCUT2D eigenvalue weighted by atomic mass is 32.1. The number of hydrogen-bond acceptors (Lipinski definition) is 4. The predicted molar refractivity (Wildman–Crippen MR) is 73.8 cm³/mol. The van der Waals surface area contributed by atoms with Crippen LogP contribution >= 0.6 is 11.3 Å². The molecule has 0 aliphatic rings. The van der Waals surface area contributed by atoms with Crippen LogP contribution in [0.4, 0.5) is 5.13 Å².